The van der Waals surface area contributed by atoms with Gasteiger partial charge < -0.3 is 10.4 Å². The van der Waals surface area contributed by atoms with Gasteiger partial charge in [0, 0.05) is 18.6 Å². The standard InChI is InChI=1S/C21H30N2O2/c1-16(21(25)22-20-8-7-19(14-20)15-24)23-11-9-18(10-12-23)13-17-5-3-2-4-6-17/h2-8,16,18-20,24H,9-15H2,1H3,(H,22,25)/t16?,19-,20+/m0/s1. The predicted octanol–water partition coefficient (Wildman–Crippen LogP) is 2.38. The molecule has 136 valence electrons. The maximum absolute atomic E-state index is 12.5. The fraction of sp³-hybridized carbons (Fsp3) is 0.571. The number of aliphatic hydroxyl groups is 1. The monoisotopic (exact) mass is 342 g/mol. The Balaban J connectivity index is 1.42. The normalized spacial score (nSPS) is 25.8. The Hall–Kier alpha value is -1.65. The van der Waals surface area contributed by atoms with Crippen LogP contribution in [0.5, 0.6) is 0 Å². The third-order valence-electron chi connectivity index (χ3n) is 5.68. The SMILES string of the molecule is CC(C(=O)N[C@@H]1C=C[C@H](CO)C1)N1CCC(Cc2ccccc2)CC1. The van der Waals surface area contributed by atoms with E-state index in [1.807, 2.05) is 19.1 Å². The first-order chi connectivity index (χ1) is 12.2. The van der Waals surface area contributed by atoms with Crippen LogP contribution in [0.2, 0.25) is 0 Å². The minimum absolute atomic E-state index is 0.0720. The minimum Gasteiger partial charge on any atom is -0.396 e. The molecule has 0 radical (unpaired) electrons. The van der Waals surface area contributed by atoms with Crippen LogP contribution in [0.4, 0.5) is 0 Å². The van der Waals surface area contributed by atoms with E-state index in [1.54, 1.807) is 0 Å². The highest BCUT2D eigenvalue weighted by atomic mass is 16.3. The number of nitrogens with one attached hydrogen (secondary N) is 1. The van der Waals surface area contributed by atoms with E-state index < -0.39 is 0 Å². The van der Waals surface area contributed by atoms with Crippen LogP contribution in [0.3, 0.4) is 0 Å². The fourth-order valence-electron chi connectivity index (χ4n) is 3.98. The maximum atomic E-state index is 12.5. The molecule has 0 bridgehead atoms. The van der Waals surface area contributed by atoms with Gasteiger partial charge >= 0.3 is 0 Å². The summed E-state index contributed by atoms with van der Waals surface area (Å²) < 4.78 is 0. The van der Waals surface area contributed by atoms with Crippen molar-refractivity contribution in [3.63, 3.8) is 0 Å². The number of carbonyl (C=O) groups is 1. The van der Waals surface area contributed by atoms with E-state index >= 15 is 0 Å². The molecule has 0 saturated carbocycles. The molecule has 2 N–H and O–H groups in total. The van der Waals surface area contributed by atoms with Gasteiger partial charge in [0.25, 0.3) is 0 Å². The lowest BCUT2D eigenvalue weighted by atomic mass is 9.89. The number of piperidine rings is 1. The average Bonchev–Trinajstić information content (AvgIpc) is 3.10. The van der Waals surface area contributed by atoms with Crippen molar-refractivity contribution < 1.29 is 9.90 Å². The lowest BCUT2D eigenvalue weighted by molar-refractivity contribution is -0.126. The zero-order valence-electron chi connectivity index (χ0n) is 15.1. The zero-order valence-corrected chi connectivity index (χ0v) is 15.1. The first-order valence-electron chi connectivity index (χ1n) is 9.53. The first kappa shape index (κ1) is 18.2. The summed E-state index contributed by atoms with van der Waals surface area (Å²) in [5, 5.41) is 12.3. The number of likely N-dealkylation sites (tertiary alicyclic amines) is 1. The van der Waals surface area contributed by atoms with E-state index in [0.29, 0.717) is 0 Å². The van der Waals surface area contributed by atoms with Crippen LogP contribution >= 0.6 is 0 Å². The molecule has 4 nitrogen and oxygen atoms in total. The molecule has 25 heavy (non-hydrogen) atoms. The van der Waals surface area contributed by atoms with Gasteiger partial charge in [0.15, 0.2) is 0 Å². The molecule has 1 heterocycles. The van der Waals surface area contributed by atoms with Gasteiger partial charge in [0.1, 0.15) is 0 Å². The van der Waals surface area contributed by atoms with Gasteiger partial charge in [-0.15, -0.1) is 0 Å². The Morgan fingerprint density at radius 1 is 1.24 bits per heavy atom. The number of rotatable bonds is 6. The zero-order chi connectivity index (χ0) is 17.6. The van der Waals surface area contributed by atoms with Crippen molar-refractivity contribution >= 4 is 5.91 Å². The van der Waals surface area contributed by atoms with Crippen LogP contribution in [-0.4, -0.2) is 47.7 Å². The molecule has 4 heteroatoms. The molecule has 2 aliphatic rings. The van der Waals surface area contributed by atoms with E-state index in [9.17, 15) is 9.90 Å². The Kier molecular flexibility index (Phi) is 6.27. The highest BCUT2D eigenvalue weighted by Gasteiger charge is 2.28. The van der Waals surface area contributed by atoms with E-state index in [4.69, 9.17) is 0 Å². The number of benzene rings is 1. The molecular formula is C21H30N2O2. The maximum Gasteiger partial charge on any atom is 0.237 e. The second-order valence-corrected chi connectivity index (χ2v) is 7.52. The molecular weight excluding hydrogens is 312 g/mol. The fourth-order valence-corrected chi connectivity index (χ4v) is 3.98. The van der Waals surface area contributed by atoms with Crippen LogP contribution in [-0.2, 0) is 11.2 Å². The van der Waals surface area contributed by atoms with E-state index in [0.717, 1.165) is 44.7 Å². The number of hydrogen-bond acceptors (Lipinski definition) is 3. The number of amides is 1. The third-order valence-corrected chi connectivity index (χ3v) is 5.68. The molecule has 3 rings (SSSR count). The summed E-state index contributed by atoms with van der Waals surface area (Å²) in [4.78, 5) is 14.8. The van der Waals surface area contributed by atoms with Gasteiger partial charge in [0.2, 0.25) is 5.91 Å². The molecule has 1 aromatic rings. The molecule has 3 atom stereocenters. The van der Waals surface area contributed by atoms with Crippen LogP contribution in [0.15, 0.2) is 42.5 Å². The summed E-state index contributed by atoms with van der Waals surface area (Å²) in [6.45, 7) is 4.15. The van der Waals surface area contributed by atoms with Crippen molar-refractivity contribution in [1.82, 2.24) is 10.2 Å². The van der Waals surface area contributed by atoms with E-state index in [1.165, 1.54) is 5.56 Å². The second kappa shape index (κ2) is 8.63. The van der Waals surface area contributed by atoms with E-state index in [-0.39, 0.29) is 30.5 Å². The molecule has 1 aliphatic carbocycles. The largest absolute Gasteiger partial charge is 0.396 e. The van der Waals surface area contributed by atoms with E-state index in [2.05, 4.69) is 40.5 Å². The summed E-state index contributed by atoms with van der Waals surface area (Å²) in [6.07, 6.45) is 8.28. The van der Waals surface area contributed by atoms with Crippen molar-refractivity contribution in [3.8, 4) is 0 Å². The van der Waals surface area contributed by atoms with Crippen molar-refractivity contribution in [2.24, 2.45) is 11.8 Å². The van der Waals surface area contributed by atoms with Crippen molar-refractivity contribution in [2.75, 3.05) is 19.7 Å². The lowest BCUT2D eigenvalue weighted by Gasteiger charge is -2.35. The third kappa shape index (κ3) is 4.93. The molecule has 1 unspecified atom stereocenters. The van der Waals surface area contributed by atoms with Gasteiger partial charge in [-0.25, -0.2) is 0 Å². The number of nitrogens with zero attached hydrogens (tertiary/aromatic N) is 1. The molecule has 1 amide bonds. The van der Waals surface area contributed by atoms with Crippen molar-refractivity contribution in [3.05, 3.63) is 48.0 Å². The smallest absolute Gasteiger partial charge is 0.237 e. The van der Waals surface area contributed by atoms with Crippen LogP contribution in [0, 0.1) is 11.8 Å². The van der Waals surface area contributed by atoms with Gasteiger partial charge in [-0.1, -0.05) is 42.5 Å². The second-order valence-electron chi connectivity index (χ2n) is 7.52. The Morgan fingerprint density at radius 3 is 2.60 bits per heavy atom. The van der Waals surface area contributed by atoms with Crippen LogP contribution in [0.25, 0.3) is 0 Å². The molecule has 1 aliphatic heterocycles. The topological polar surface area (TPSA) is 52.6 Å². The van der Waals surface area contributed by atoms with Crippen molar-refractivity contribution in [2.45, 2.75) is 44.7 Å². The number of aliphatic hydroxyl groups excluding tert-OH is 1. The molecule has 1 fully saturated rings. The summed E-state index contributed by atoms with van der Waals surface area (Å²) in [7, 11) is 0. The Bertz CT molecular complexity index is 579. The van der Waals surface area contributed by atoms with Gasteiger partial charge in [-0.3, -0.25) is 9.69 Å². The van der Waals surface area contributed by atoms with Gasteiger partial charge in [0.05, 0.1) is 6.04 Å². The quantitative estimate of drug-likeness (QED) is 0.781. The lowest BCUT2D eigenvalue weighted by Crippen LogP contribution is -2.50. The summed E-state index contributed by atoms with van der Waals surface area (Å²) in [6, 6.07) is 10.7. The Labute approximate surface area is 150 Å². The Morgan fingerprint density at radius 2 is 1.96 bits per heavy atom. The minimum atomic E-state index is -0.0840. The molecule has 1 aromatic carbocycles. The molecule has 0 aromatic heterocycles. The van der Waals surface area contributed by atoms with Gasteiger partial charge in [-0.05, 0) is 57.2 Å². The number of hydrogen-bond donors (Lipinski definition) is 2. The van der Waals surface area contributed by atoms with Gasteiger partial charge in [-0.2, -0.15) is 0 Å². The summed E-state index contributed by atoms with van der Waals surface area (Å²) >= 11 is 0. The summed E-state index contributed by atoms with van der Waals surface area (Å²) in [5.41, 5.74) is 1.41. The molecule has 0 spiro atoms. The highest BCUT2D eigenvalue weighted by molar-refractivity contribution is 5.81. The first-order valence-corrected chi connectivity index (χ1v) is 9.53. The summed E-state index contributed by atoms with van der Waals surface area (Å²) in [5.74, 6) is 1.01. The van der Waals surface area contributed by atoms with Crippen LogP contribution < -0.4 is 5.32 Å². The molecule has 1 saturated heterocycles. The number of carbonyl (C=O) groups excluding carboxylic acids is 1. The highest BCUT2D eigenvalue weighted by Crippen LogP contribution is 2.23. The van der Waals surface area contributed by atoms with Crippen LogP contribution in [0.1, 0.15) is 31.7 Å². The van der Waals surface area contributed by atoms with Crippen molar-refractivity contribution in [1.29, 1.82) is 0 Å². The predicted molar refractivity (Wildman–Crippen MR) is 100 cm³/mol. The average molecular weight is 342 g/mol.